The van der Waals surface area contributed by atoms with Crippen molar-refractivity contribution in [2.24, 2.45) is 0 Å². The predicted molar refractivity (Wildman–Crippen MR) is 54.2 cm³/mol. The third-order valence-corrected chi connectivity index (χ3v) is 3.40. The summed E-state index contributed by atoms with van der Waals surface area (Å²) in [7, 11) is 0. The molecule has 0 heterocycles. The number of allylic oxidation sites excluding steroid dienone is 2. The van der Waals surface area contributed by atoms with Gasteiger partial charge in [-0.15, -0.1) is 0 Å². The quantitative estimate of drug-likeness (QED) is 0.424. The number of halogens is 1. The minimum Gasteiger partial charge on any atom is -0.0856 e. The first kappa shape index (κ1) is 9.31. The van der Waals surface area contributed by atoms with Crippen LogP contribution in [0, 0.1) is 0 Å². The number of hydrogen-bond acceptors (Lipinski definition) is 0. The van der Waals surface area contributed by atoms with E-state index in [4.69, 9.17) is 0 Å². The van der Waals surface area contributed by atoms with Crippen LogP contribution in [0.25, 0.3) is 0 Å². The summed E-state index contributed by atoms with van der Waals surface area (Å²) in [5, 5.41) is 0. The maximum Gasteiger partial charge on any atom is 0.0236 e. The summed E-state index contributed by atoms with van der Waals surface area (Å²) in [5.74, 6) is 0. The van der Waals surface area contributed by atoms with Gasteiger partial charge >= 0.3 is 0 Å². The number of rotatable bonds is 0. The fourth-order valence-corrected chi connectivity index (χ4v) is 1.97. The molecule has 1 aliphatic carbocycles. The highest BCUT2D eigenvalue weighted by Gasteiger charge is 2.25. The molecular formula is C10H17Br. The summed E-state index contributed by atoms with van der Waals surface area (Å²) >= 11 is 3.75. The Kier molecular flexibility index (Phi) is 2.79. The smallest absolute Gasteiger partial charge is 0.0236 e. The molecule has 0 aromatic carbocycles. The van der Waals surface area contributed by atoms with Crippen LogP contribution in [-0.4, -0.2) is 4.32 Å². The van der Waals surface area contributed by atoms with E-state index in [2.05, 4.69) is 36.7 Å². The van der Waals surface area contributed by atoms with Crippen LogP contribution in [-0.2, 0) is 0 Å². The molecule has 0 aromatic heterocycles. The second-order valence-corrected chi connectivity index (χ2v) is 5.93. The van der Waals surface area contributed by atoms with Crippen LogP contribution in [0.4, 0.5) is 0 Å². The van der Waals surface area contributed by atoms with Crippen molar-refractivity contribution in [2.75, 3.05) is 0 Å². The van der Waals surface area contributed by atoms with E-state index < -0.39 is 0 Å². The molecule has 11 heavy (non-hydrogen) atoms. The van der Waals surface area contributed by atoms with Gasteiger partial charge in [0.2, 0.25) is 0 Å². The largest absolute Gasteiger partial charge is 0.0856 e. The Balaban J connectivity index is 2.56. The van der Waals surface area contributed by atoms with Gasteiger partial charge in [0, 0.05) is 4.32 Å². The van der Waals surface area contributed by atoms with Crippen LogP contribution in [0.5, 0.6) is 0 Å². The molecule has 1 fully saturated rings. The molecule has 0 atom stereocenters. The van der Waals surface area contributed by atoms with E-state index in [1.807, 2.05) is 0 Å². The van der Waals surface area contributed by atoms with Gasteiger partial charge in [-0.1, -0.05) is 27.1 Å². The summed E-state index contributed by atoms with van der Waals surface area (Å²) in [6.45, 7) is 6.76. The van der Waals surface area contributed by atoms with Gasteiger partial charge < -0.3 is 0 Å². The molecule has 0 spiro atoms. The highest BCUT2D eigenvalue weighted by Crippen LogP contribution is 2.38. The lowest BCUT2D eigenvalue weighted by molar-refractivity contribution is 0.495. The van der Waals surface area contributed by atoms with Gasteiger partial charge in [-0.25, -0.2) is 0 Å². The average Bonchev–Trinajstić information content (AvgIpc) is 1.86. The van der Waals surface area contributed by atoms with E-state index in [9.17, 15) is 0 Å². The molecule has 0 aromatic rings. The fourth-order valence-electron chi connectivity index (χ4n) is 1.57. The minimum absolute atomic E-state index is 0.423. The number of hydrogen-bond donors (Lipinski definition) is 0. The van der Waals surface area contributed by atoms with Gasteiger partial charge in [-0.3, -0.25) is 0 Å². The summed E-state index contributed by atoms with van der Waals surface area (Å²) < 4.78 is 0.423. The van der Waals surface area contributed by atoms with Crippen LogP contribution in [0.1, 0.15) is 46.5 Å². The lowest BCUT2D eigenvalue weighted by Gasteiger charge is -2.29. The topological polar surface area (TPSA) is 0 Å². The average molecular weight is 217 g/mol. The van der Waals surface area contributed by atoms with E-state index >= 15 is 0 Å². The molecule has 0 aliphatic heterocycles. The lowest BCUT2D eigenvalue weighted by atomic mass is 9.85. The van der Waals surface area contributed by atoms with Crippen LogP contribution < -0.4 is 0 Å². The Morgan fingerprint density at radius 1 is 1.27 bits per heavy atom. The van der Waals surface area contributed by atoms with Crippen molar-refractivity contribution in [3.8, 4) is 0 Å². The molecule has 0 radical (unpaired) electrons. The zero-order valence-corrected chi connectivity index (χ0v) is 9.29. The Bertz CT molecular complexity index is 161. The van der Waals surface area contributed by atoms with Crippen molar-refractivity contribution >= 4 is 15.9 Å². The van der Waals surface area contributed by atoms with Gasteiger partial charge in [-0.2, -0.15) is 0 Å². The molecule has 0 unspecified atom stereocenters. The summed E-state index contributed by atoms with van der Waals surface area (Å²) in [5.41, 5.74) is 3.22. The molecule has 0 amide bonds. The van der Waals surface area contributed by atoms with Crippen molar-refractivity contribution in [2.45, 2.75) is 50.8 Å². The zero-order valence-electron chi connectivity index (χ0n) is 7.71. The lowest BCUT2D eigenvalue weighted by Crippen LogP contribution is -2.20. The normalized spacial score (nSPS) is 32.2. The van der Waals surface area contributed by atoms with Crippen molar-refractivity contribution in [3.05, 3.63) is 11.1 Å². The van der Waals surface area contributed by atoms with Crippen molar-refractivity contribution in [3.63, 3.8) is 0 Å². The summed E-state index contributed by atoms with van der Waals surface area (Å²) in [6.07, 6.45) is 5.19. The summed E-state index contributed by atoms with van der Waals surface area (Å²) in [4.78, 5) is 0. The third-order valence-electron chi connectivity index (χ3n) is 2.60. The highest BCUT2D eigenvalue weighted by atomic mass is 79.9. The zero-order chi connectivity index (χ0) is 8.48. The fraction of sp³-hybridized carbons (Fsp3) is 0.800. The second-order valence-electron chi connectivity index (χ2n) is 4.02. The Hall–Kier alpha value is 0.220. The molecule has 1 saturated carbocycles. The van der Waals surface area contributed by atoms with E-state index in [0.717, 1.165) is 0 Å². The molecule has 1 heteroatoms. The van der Waals surface area contributed by atoms with Gasteiger partial charge in [0.25, 0.3) is 0 Å². The maximum absolute atomic E-state index is 3.75. The first-order valence-electron chi connectivity index (χ1n) is 4.35. The summed E-state index contributed by atoms with van der Waals surface area (Å²) in [6, 6.07) is 0. The molecular weight excluding hydrogens is 200 g/mol. The van der Waals surface area contributed by atoms with Crippen LogP contribution in [0.3, 0.4) is 0 Å². The van der Waals surface area contributed by atoms with Gasteiger partial charge in [0.1, 0.15) is 0 Å². The van der Waals surface area contributed by atoms with Gasteiger partial charge in [-0.05, 0) is 46.5 Å². The van der Waals surface area contributed by atoms with Crippen molar-refractivity contribution in [1.29, 1.82) is 0 Å². The molecule has 1 rings (SSSR count). The van der Waals surface area contributed by atoms with Gasteiger partial charge in [0.15, 0.2) is 0 Å². The molecule has 64 valence electrons. The predicted octanol–water partition coefficient (Wildman–Crippen LogP) is 4.05. The Morgan fingerprint density at radius 3 is 2.09 bits per heavy atom. The monoisotopic (exact) mass is 216 g/mol. The Labute approximate surface area is 78.2 Å². The van der Waals surface area contributed by atoms with E-state index in [1.54, 1.807) is 5.57 Å². The van der Waals surface area contributed by atoms with E-state index in [1.165, 1.54) is 31.3 Å². The van der Waals surface area contributed by atoms with Gasteiger partial charge in [0.05, 0.1) is 0 Å². The van der Waals surface area contributed by atoms with Crippen molar-refractivity contribution < 1.29 is 0 Å². The third kappa shape index (κ3) is 2.62. The molecule has 0 saturated heterocycles. The van der Waals surface area contributed by atoms with E-state index in [-0.39, 0.29) is 0 Å². The Morgan fingerprint density at radius 2 is 1.73 bits per heavy atom. The van der Waals surface area contributed by atoms with Crippen LogP contribution in [0.15, 0.2) is 11.1 Å². The second kappa shape index (κ2) is 3.30. The number of alkyl halides is 1. The first-order chi connectivity index (χ1) is 5.01. The SMILES string of the molecule is CC(C)=C1CCC(C)(Br)CC1. The molecule has 1 aliphatic rings. The first-order valence-corrected chi connectivity index (χ1v) is 5.15. The highest BCUT2D eigenvalue weighted by molar-refractivity contribution is 9.10. The van der Waals surface area contributed by atoms with E-state index in [0.29, 0.717) is 4.32 Å². The maximum atomic E-state index is 3.75. The molecule has 0 N–H and O–H groups in total. The van der Waals surface area contributed by atoms with Crippen molar-refractivity contribution in [1.82, 2.24) is 0 Å². The van der Waals surface area contributed by atoms with Crippen LogP contribution in [0.2, 0.25) is 0 Å². The van der Waals surface area contributed by atoms with Crippen LogP contribution >= 0.6 is 15.9 Å². The molecule has 0 bridgehead atoms. The minimum atomic E-state index is 0.423. The standard InChI is InChI=1S/C10H17Br/c1-8(2)9-4-6-10(3,11)7-5-9/h4-7H2,1-3H3. The molecule has 0 nitrogen and oxygen atoms in total.